The van der Waals surface area contributed by atoms with Crippen LogP contribution in [0.5, 0.6) is 5.88 Å². The van der Waals surface area contributed by atoms with Gasteiger partial charge >= 0.3 is 5.97 Å². The van der Waals surface area contributed by atoms with Gasteiger partial charge in [-0.15, -0.1) is 11.8 Å². The molecule has 1 saturated carbocycles. The number of imidazole rings is 1. The van der Waals surface area contributed by atoms with Crippen LogP contribution in [0.15, 0.2) is 11.4 Å². The zero-order valence-electron chi connectivity index (χ0n) is 14.4. The summed E-state index contributed by atoms with van der Waals surface area (Å²) in [6.07, 6.45) is 5.53. The maximum absolute atomic E-state index is 11.8. The van der Waals surface area contributed by atoms with Crippen LogP contribution in [0.25, 0.3) is 22.6 Å². The largest absolute Gasteiger partial charge is 0.480 e. The Kier molecular flexibility index (Phi) is 4.19. The average molecular weight is 372 g/mol. The first-order chi connectivity index (χ1) is 12.7. The Morgan fingerprint density at radius 3 is 2.69 bits per heavy atom. The Balaban J connectivity index is 1.94. The summed E-state index contributed by atoms with van der Waals surface area (Å²) in [5.74, 6) is 0.753. The van der Waals surface area contributed by atoms with Crippen molar-refractivity contribution in [3.05, 3.63) is 17.8 Å². The molecule has 3 aromatic heterocycles. The fourth-order valence-electron chi connectivity index (χ4n) is 2.74. The summed E-state index contributed by atoms with van der Waals surface area (Å²) in [7, 11) is 2.86. The number of thioether (sulfide) groups is 1. The van der Waals surface area contributed by atoms with Crippen LogP contribution in [0, 0.1) is 0 Å². The number of ether oxygens (including phenoxy) is 2. The van der Waals surface area contributed by atoms with Crippen molar-refractivity contribution in [2.45, 2.75) is 23.8 Å². The molecule has 1 fully saturated rings. The molecule has 10 heteroatoms. The summed E-state index contributed by atoms with van der Waals surface area (Å²) < 4.78 is 10.1. The van der Waals surface area contributed by atoms with Gasteiger partial charge in [0.1, 0.15) is 22.4 Å². The van der Waals surface area contributed by atoms with Crippen molar-refractivity contribution < 1.29 is 14.3 Å². The Morgan fingerprint density at radius 2 is 2.04 bits per heavy atom. The average Bonchev–Trinajstić information content (AvgIpc) is 3.44. The van der Waals surface area contributed by atoms with E-state index in [2.05, 4.69) is 29.9 Å². The van der Waals surface area contributed by atoms with Crippen molar-refractivity contribution in [2.24, 2.45) is 0 Å². The second kappa shape index (κ2) is 6.52. The second-order valence-corrected chi connectivity index (χ2v) is 6.54. The molecule has 134 valence electrons. The molecule has 0 bridgehead atoms. The molecule has 1 N–H and O–H groups in total. The van der Waals surface area contributed by atoms with Gasteiger partial charge < -0.3 is 14.5 Å². The molecule has 0 spiro atoms. The van der Waals surface area contributed by atoms with Gasteiger partial charge in [0.2, 0.25) is 11.7 Å². The van der Waals surface area contributed by atoms with E-state index in [9.17, 15) is 4.79 Å². The maximum Gasteiger partial charge on any atom is 0.374 e. The zero-order chi connectivity index (χ0) is 18.3. The number of hydrogen-bond donors (Lipinski definition) is 1. The SMILES string of the molecule is COC(=O)c1nc2nc(-c3c(OC)ncnc3C3CC3)nc(SC)c2[nH]1. The third kappa shape index (κ3) is 2.75. The second-order valence-electron chi connectivity index (χ2n) is 5.75. The lowest BCUT2D eigenvalue weighted by atomic mass is 10.1. The number of carbonyl (C=O) groups excluding carboxylic acids is 1. The van der Waals surface area contributed by atoms with Crippen LogP contribution in [0.1, 0.15) is 35.1 Å². The molecule has 0 unspecified atom stereocenters. The van der Waals surface area contributed by atoms with Gasteiger partial charge in [0.25, 0.3) is 0 Å². The molecule has 9 nitrogen and oxygen atoms in total. The highest BCUT2D eigenvalue weighted by Crippen LogP contribution is 2.45. The fraction of sp³-hybridized carbons (Fsp3) is 0.375. The number of esters is 1. The molecule has 1 aliphatic rings. The van der Waals surface area contributed by atoms with Gasteiger partial charge in [-0.3, -0.25) is 0 Å². The minimum atomic E-state index is -0.559. The summed E-state index contributed by atoms with van der Waals surface area (Å²) >= 11 is 1.43. The van der Waals surface area contributed by atoms with Gasteiger partial charge in [-0.05, 0) is 19.1 Å². The van der Waals surface area contributed by atoms with E-state index in [0.717, 1.165) is 18.5 Å². The van der Waals surface area contributed by atoms with Crippen molar-refractivity contribution in [3.63, 3.8) is 0 Å². The van der Waals surface area contributed by atoms with Crippen LogP contribution >= 0.6 is 11.8 Å². The summed E-state index contributed by atoms with van der Waals surface area (Å²) in [4.78, 5) is 36.8. The number of hydrogen-bond acceptors (Lipinski definition) is 9. The third-order valence-corrected chi connectivity index (χ3v) is 4.79. The molecule has 0 amide bonds. The number of fused-ring (bicyclic) bond motifs is 1. The molecule has 0 radical (unpaired) electrons. The van der Waals surface area contributed by atoms with Crippen molar-refractivity contribution in [1.29, 1.82) is 0 Å². The number of rotatable bonds is 5. The lowest BCUT2D eigenvalue weighted by Crippen LogP contribution is -2.03. The first-order valence-electron chi connectivity index (χ1n) is 7.95. The van der Waals surface area contributed by atoms with E-state index in [1.807, 2.05) is 6.26 Å². The van der Waals surface area contributed by atoms with Gasteiger partial charge in [-0.25, -0.2) is 29.7 Å². The van der Waals surface area contributed by atoms with Crippen molar-refractivity contribution in [1.82, 2.24) is 29.9 Å². The number of aromatic amines is 1. The van der Waals surface area contributed by atoms with Crippen LogP contribution in [-0.4, -0.2) is 56.3 Å². The lowest BCUT2D eigenvalue weighted by molar-refractivity contribution is 0.0588. The van der Waals surface area contributed by atoms with Crippen LogP contribution in [-0.2, 0) is 4.74 Å². The van der Waals surface area contributed by atoms with Crippen LogP contribution < -0.4 is 4.74 Å². The van der Waals surface area contributed by atoms with E-state index >= 15 is 0 Å². The molecule has 1 aliphatic carbocycles. The normalized spacial score (nSPS) is 13.8. The topological polar surface area (TPSA) is 116 Å². The summed E-state index contributed by atoms with van der Waals surface area (Å²) in [6, 6.07) is 0. The lowest BCUT2D eigenvalue weighted by Gasteiger charge is -2.11. The molecule has 0 aliphatic heterocycles. The minimum Gasteiger partial charge on any atom is -0.480 e. The summed E-state index contributed by atoms with van der Waals surface area (Å²) in [5, 5.41) is 0.667. The van der Waals surface area contributed by atoms with E-state index in [-0.39, 0.29) is 5.82 Å². The fourth-order valence-corrected chi connectivity index (χ4v) is 3.26. The van der Waals surface area contributed by atoms with Crippen LogP contribution in [0.2, 0.25) is 0 Å². The summed E-state index contributed by atoms with van der Waals surface area (Å²) in [6.45, 7) is 0. The zero-order valence-corrected chi connectivity index (χ0v) is 15.3. The minimum absolute atomic E-state index is 0.0861. The van der Waals surface area contributed by atoms with Gasteiger partial charge in [0, 0.05) is 5.92 Å². The van der Waals surface area contributed by atoms with E-state index in [1.54, 1.807) is 7.11 Å². The molecule has 4 rings (SSSR count). The molecule has 3 aromatic rings. The highest BCUT2D eigenvalue weighted by Gasteiger charge is 2.32. The van der Waals surface area contributed by atoms with E-state index in [4.69, 9.17) is 9.47 Å². The first kappa shape index (κ1) is 16.7. The quantitative estimate of drug-likeness (QED) is 0.409. The number of nitrogens with zero attached hydrogens (tertiary/aromatic N) is 5. The number of nitrogens with one attached hydrogen (secondary N) is 1. The summed E-state index contributed by atoms with van der Waals surface area (Å²) in [5.41, 5.74) is 2.53. The van der Waals surface area contributed by atoms with Gasteiger partial charge in [-0.1, -0.05) is 0 Å². The molecular weight excluding hydrogens is 356 g/mol. The number of methoxy groups -OCH3 is 2. The highest BCUT2D eigenvalue weighted by molar-refractivity contribution is 7.98. The maximum atomic E-state index is 11.8. The molecular formula is C16H16N6O3S. The smallest absolute Gasteiger partial charge is 0.374 e. The van der Waals surface area contributed by atoms with Crippen molar-refractivity contribution >= 4 is 28.9 Å². The molecule has 0 aromatic carbocycles. The Hall–Kier alpha value is -2.75. The highest BCUT2D eigenvalue weighted by atomic mass is 32.2. The number of H-pyrrole nitrogens is 1. The third-order valence-electron chi connectivity index (χ3n) is 4.11. The molecule has 0 atom stereocenters. The Labute approximate surface area is 153 Å². The molecule has 0 saturated heterocycles. The van der Waals surface area contributed by atoms with Crippen LogP contribution in [0.4, 0.5) is 0 Å². The first-order valence-corrected chi connectivity index (χ1v) is 9.18. The molecule has 3 heterocycles. The predicted molar refractivity (Wildman–Crippen MR) is 94.4 cm³/mol. The van der Waals surface area contributed by atoms with Crippen LogP contribution in [0.3, 0.4) is 0 Å². The number of aromatic nitrogens is 6. The van der Waals surface area contributed by atoms with E-state index in [1.165, 1.54) is 25.2 Å². The van der Waals surface area contributed by atoms with Gasteiger partial charge in [0.15, 0.2) is 11.5 Å². The molecule has 26 heavy (non-hydrogen) atoms. The van der Waals surface area contributed by atoms with E-state index in [0.29, 0.717) is 39.4 Å². The Bertz CT molecular complexity index is 1000. The van der Waals surface area contributed by atoms with Crippen molar-refractivity contribution in [3.8, 4) is 17.3 Å². The van der Waals surface area contributed by atoms with E-state index < -0.39 is 5.97 Å². The predicted octanol–water partition coefficient (Wildman–Crippen LogP) is 2.20. The monoisotopic (exact) mass is 372 g/mol. The number of carbonyl (C=O) groups is 1. The standard InChI is InChI=1S/C16H16N6O3S/c1-24-14-8(9(7-4-5-7)17-6-18-14)11-20-12-10(15(22-11)26-3)19-13(21-12)16(23)25-2/h6-7H,4-5H2,1-3H3,(H,19,20,21,22). The Morgan fingerprint density at radius 1 is 1.23 bits per heavy atom. The van der Waals surface area contributed by atoms with Crippen molar-refractivity contribution in [2.75, 3.05) is 20.5 Å². The van der Waals surface area contributed by atoms with Gasteiger partial charge in [-0.2, -0.15) is 0 Å². The van der Waals surface area contributed by atoms with Gasteiger partial charge in [0.05, 0.1) is 19.9 Å².